The third kappa shape index (κ3) is 3.16. The molecular weight excluding hydrogens is 296 g/mol. The second-order valence-corrected chi connectivity index (χ2v) is 7.20. The maximum Gasteiger partial charge on any atom is 0.263 e. The Kier molecular flexibility index (Phi) is 4.73. The highest BCUT2D eigenvalue weighted by Crippen LogP contribution is 2.27. The van der Waals surface area contributed by atoms with Gasteiger partial charge in [-0.25, -0.2) is 8.42 Å². The maximum atomic E-state index is 11.7. The van der Waals surface area contributed by atoms with Gasteiger partial charge >= 0.3 is 0 Å². The van der Waals surface area contributed by atoms with E-state index in [1.165, 1.54) is 0 Å². The van der Waals surface area contributed by atoms with Gasteiger partial charge in [0.2, 0.25) is 0 Å². The summed E-state index contributed by atoms with van der Waals surface area (Å²) in [5.74, 6) is 0. The molecule has 0 fully saturated rings. The van der Waals surface area contributed by atoms with Gasteiger partial charge in [0.25, 0.3) is 9.05 Å². The minimum absolute atomic E-state index is 0.189. The molecule has 0 aliphatic carbocycles. The lowest BCUT2D eigenvalue weighted by atomic mass is 10.2. The number of benzene rings is 1. The Labute approximate surface area is 124 Å². The van der Waals surface area contributed by atoms with Gasteiger partial charge in [-0.2, -0.15) is 0 Å². The lowest BCUT2D eigenvalue weighted by molar-refractivity contribution is 0.292. The van der Waals surface area contributed by atoms with Crippen LogP contribution in [0.4, 0.5) is 0 Å². The molecule has 0 spiro atoms. The second kappa shape index (κ2) is 6.16. The highest BCUT2D eigenvalue weighted by Gasteiger charge is 2.18. The summed E-state index contributed by atoms with van der Waals surface area (Å²) in [5.41, 5.74) is 0.902. The quantitative estimate of drug-likeness (QED) is 0.770. The van der Waals surface area contributed by atoms with E-state index in [0.717, 1.165) is 31.7 Å². The van der Waals surface area contributed by atoms with Gasteiger partial charge in [0.15, 0.2) is 0 Å². The zero-order chi connectivity index (χ0) is 14.8. The number of hydrogen-bond donors (Lipinski definition) is 0. The largest absolute Gasteiger partial charge is 0.345 e. The molecule has 1 heterocycles. The topological polar surface area (TPSA) is 42.3 Å². The Morgan fingerprint density at radius 3 is 2.45 bits per heavy atom. The number of fused-ring (bicyclic) bond motifs is 1. The minimum atomic E-state index is -3.72. The van der Waals surface area contributed by atoms with Crippen LogP contribution in [0.15, 0.2) is 35.4 Å². The molecule has 0 aliphatic rings. The highest BCUT2D eigenvalue weighted by atomic mass is 35.7. The molecule has 0 saturated carbocycles. The predicted octanol–water partition coefficient (Wildman–Crippen LogP) is 2.91. The van der Waals surface area contributed by atoms with E-state index in [-0.39, 0.29) is 4.90 Å². The van der Waals surface area contributed by atoms with Gasteiger partial charge in [0, 0.05) is 40.9 Å². The lowest BCUT2D eigenvalue weighted by Crippen LogP contribution is -2.26. The molecule has 6 heteroatoms. The number of nitrogens with zero attached hydrogens (tertiary/aromatic N) is 2. The number of halogens is 1. The first kappa shape index (κ1) is 15.4. The lowest BCUT2D eigenvalue weighted by Gasteiger charge is -2.18. The fourth-order valence-corrected chi connectivity index (χ4v) is 3.44. The van der Waals surface area contributed by atoms with Crippen molar-refractivity contribution in [1.29, 1.82) is 0 Å². The molecule has 0 amide bonds. The number of likely N-dealkylation sites (N-methyl/N-ethyl adjacent to an activating group) is 1. The standard InChI is InChI=1S/C14H19ClN2O2S/c1-3-16(4-2)9-10-17-11-14(20(15,18)19)12-7-5-6-8-13(12)17/h5-8,11H,3-4,9-10H2,1-2H3. The van der Waals surface area contributed by atoms with Crippen molar-refractivity contribution in [2.45, 2.75) is 25.3 Å². The van der Waals surface area contributed by atoms with Crippen LogP contribution in [0.5, 0.6) is 0 Å². The van der Waals surface area contributed by atoms with E-state index in [4.69, 9.17) is 10.7 Å². The molecular formula is C14H19ClN2O2S. The average molecular weight is 315 g/mol. The zero-order valence-corrected chi connectivity index (χ0v) is 13.3. The summed E-state index contributed by atoms with van der Waals surface area (Å²) in [6.07, 6.45) is 1.64. The third-order valence-corrected chi connectivity index (χ3v) is 4.92. The fourth-order valence-electron chi connectivity index (χ4n) is 2.38. The smallest absolute Gasteiger partial charge is 0.263 e. The SMILES string of the molecule is CCN(CC)CCn1cc(S(=O)(=O)Cl)c2ccccc21. The predicted molar refractivity (Wildman–Crippen MR) is 82.8 cm³/mol. The van der Waals surface area contributed by atoms with E-state index in [1.54, 1.807) is 12.3 Å². The van der Waals surface area contributed by atoms with Gasteiger partial charge in [-0.05, 0) is 19.2 Å². The molecule has 0 N–H and O–H groups in total. The molecule has 0 bridgehead atoms. The van der Waals surface area contributed by atoms with Crippen molar-refractivity contribution >= 4 is 30.6 Å². The molecule has 0 radical (unpaired) electrons. The first-order chi connectivity index (χ1) is 9.47. The van der Waals surface area contributed by atoms with Crippen molar-refractivity contribution < 1.29 is 8.42 Å². The highest BCUT2D eigenvalue weighted by molar-refractivity contribution is 8.14. The Hall–Kier alpha value is -1.04. The number of rotatable bonds is 6. The van der Waals surface area contributed by atoms with Crippen LogP contribution in [0, 0.1) is 0 Å². The molecule has 20 heavy (non-hydrogen) atoms. The fraction of sp³-hybridized carbons (Fsp3) is 0.429. The summed E-state index contributed by atoms with van der Waals surface area (Å²) >= 11 is 0. The maximum absolute atomic E-state index is 11.7. The van der Waals surface area contributed by atoms with Crippen molar-refractivity contribution in [2.75, 3.05) is 19.6 Å². The molecule has 1 aromatic heterocycles. The van der Waals surface area contributed by atoms with Crippen molar-refractivity contribution in [2.24, 2.45) is 0 Å². The summed E-state index contributed by atoms with van der Waals surface area (Å²) in [6.45, 7) is 7.83. The van der Waals surface area contributed by atoms with Gasteiger partial charge in [0.1, 0.15) is 4.90 Å². The Balaban J connectivity index is 2.39. The molecule has 110 valence electrons. The first-order valence-electron chi connectivity index (χ1n) is 6.72. The van der Waals surface area contributed by atoms with Crippen molar-refractivity contribution in [1.82, 2.24) is 9.47 Å². The van der Waals surface area contributed by atoms with Crippen molar-refractivity contribution in [3.8, 4) is 0 Å². The van der Waals surface area contributed by atoms with E-state index in [2.05, 4.69) is 18.7 Å². The molecule has 2 aromatic rings. The summed E-state index contributed by atoms with van der Waals surface area (Å²) < 4.78 is 25.3. The van der Waals surface area contributed by atoms with Crippen LogP contribution in [0.2, 0.25) is 0 Å². The Morgan fingerprint density at radius 1 is 1.20 bits per heavy atom. The summed E-state index contributed by atoms with van der Waals surface area (Å²) in [7, 11) is 1.80. The van der Waals surface area contributed by atoms with Crippen LogP contribution in [0.1, 0.15) is 13.8 Å². The van der Waals surface area contributed by atoms with Gasteiger partial charge in [0.05, 0.1) is 0 Å². The van der Waals surface area contributed by atoms with Crippen LogP contribution in [-0.2, 0) is 15.6 Å². The summed E-state index contributed by atoms with van der Waals surface area (Å²) in [5, 5.41) is 0.682. The number of aromatic nitrogens is 1. The minimum Gasteiger partial charge on any atom is -0.345 e. The monoisotopic (exact) mass is 314 g/mol. The van der Waals surface area contributed by atoms with E-state index < -0.39 is 9.05 Å². The molecule has 4 nitrogen and oxygen atoms in total. The Morgan fingerprint density at radius 2 is 1.85 bits per heavy atom. The van der Waals surface area contributed by atoms with E-state index >= 15 is 0 Å². The van der Waals surface area contributed by atoms with Gasteiger partial charge < -0.3 is 9.47 Å². The number of para-hydroxylation sites is 1. The average Bonchev–Trinajstić information content (AvgIpc) is 2.79. The third-order valence-electron chi connectivity index (χ3n) is 3.57. The molecule has 0 saturated heterocycles. The van der Waals surface area contributed by atoms with Crippen molar-refractivity contribution in [3.63, 3.8) is 0 Å². The van der Waals surface area contributed by atoms with Gasteiger partial charge in [-0.15, -0.1) is 0 Å². The van der Waals surface area contributed by atoms with Gasteiger partial charge in [-0.1, -0.05) is 32.0 Å². The second-order valence-electron chi connectivity index (χ2n) is 4.67. The number of hydrogen-bond acceptors (Lipinski definition) is 3. The zero-order valence-electron chi connectivity index (χ0n) is 11.7. The van der Waals surface area contributed by atoms with E-state index in [1.807, 2.05) is 22.8 Å². The molecule has 0 unspecified atom stereocenters. The van der Waals surface area contributed by atoms with Crippen LogP contribution in [0.25, 0.3) is 10.9 Å². The van der Waals surface area contributed by atoms with Crippen LogP contribution >= 0.6 is 10.7 Å². The van der Waals surface area contributed by atoms with E-state index in [0.29, 0.717) is 5.39 Å². The van der Waals surface area contributed by atoms with Crippen molar-refractivity contribution in [3.05, 3.63) is 30.5 Å². The summed E-state index contributed by atoms with van der Waals surface area (Å²) in [6, 6.07) is 7.44. The van der Waals surface area contributed by atoms with Crippen LogP contribution in [0.3, 0.4) is 0 Å². The normalized spacial score (nSPS) is 12.4. The first-order valence-corrected chi connectivity index (χ1v) is 9.03. The van der Waals surface area contributed by atoms with Crippen LogP contribution in [-0.4, -0.2) is 37.5 Å². The van der Waals surface area contributed by atoms with Gasteiger partial charge in [-0.3, -0.25) is 0 Å². The molecule has 1 aromatic carbocycles. The summed E-state index contributed by atoms with van der Waals surface area (Å²) in [4.78, 5) is 2.48. The molecule has 0 aliphatic heterocycles. The van der Waals surface area contributed by atoms with E-state index in [9.17, 15) is 8.42 Å². The molecule has 2 rings (SSSR count). The Bertz CT molecular complexity index is 690. The van der Waals surface area contributed by atoms with Crippen LogP contribution < -0.4 is 0 Å². The molecule has 0 atom stereocenters.